The van der Waals surface area contributed by atoms with Gasteiger partial charge in [-0.2, -0.15) is 0 Å². The van der Waals surface area contributed by atoms with Gasteiger partial charge < -0.3 is 20.5 Å². The number of hydrogen-bond donors (Lipinski definition) is 4. The Hall–Kier alpha value is -1.85. The molecule has 5 heteroatoms. The summed E-state index contributed by atoms with van der Waals surface area (Å²) in [6, 6.07) is 7.76. The van der Waals surface area contributed by atoms with Gasteiger partial charge in [-0.05, 0) is 11.6 Å². The van der Waals surface area contributed by atoms with E-state index in [1.165, 1.54) is 0 Å². The van der Waals surface area contributed by atoms with Gasteiger partial charge in [-0.25, -0.2) is 0 Å². The number of aromatic nitrogens is 1. The van der Waals surface area contributed by atoms with Crippen LogP contribution in [0.2, 0.25) is 0 Å². The average molecular weight is 248 g/mol. The first-order chi connectivity index (χ1) is 8.70. The Morgan fingerprint density at radius 1 is 1.39 bits per heavy atom. The molecule has 2 rings (SSSR count). The molecule has 4 N–H and O–H groups in total. The van der Waals surface area contributed by atoms with Crippen LogP contribution in [0.15, 0.2) is 30.5 Å². The van der Waals surface area contributed by atoms with Gasteiger partial charge in [0.25, 0.3) is 0 Å². The number of hydrogen-bond acceptors (Lipinski definition) is 3. The van der Waals surface area contributed by atoms with E-state index in [0.717, 1.165) is 16.5 Å². The van der Waals surface area contributed by atoms with Crippen LogP contribution in [0.25, 0.3) is 10.9 Å². The molecule has 0 saturated carbocycles. The summed E-state index contributed by atoms with van der Waals surface area (Å²) in [6.07, 6.45) is 1.16. The molecular weight excluding hydrogens is 232 g/mol. The van der Waals surface area contributed by atoms with Crippen LogP contribution in [0.4, 0.5) is 0 Å². The predicted molar refractivity (Wildman–Crippen MR) is 68.1 cm³/mol. The molecule has 0 aliphatic carbocycles. The first-order valence-corrected chi connectivity index (χ1v) is 5.81. The summed E-state index contributed by atoms with van der Waals surface area (Å²) in [4.78, 5) is 14.8. The van der Waals surface area contributed by atoms with Gasteiger partial charge in [0.15, 0.2) is 0 Å². The minimum atomic E-state index is -0.906. The molecule has 1 aromatic heterocycles. The van der Waals surface area contributed by atoms with E-state index in [2.05, 4.69) is 10.3 Å². The molecule has 96 valence electrons. The standard InChI is InChI=1S/C13H16N2O3/c16-8-10(17)7-15-13(18)5-9-6-14-12-4-2-1-3-11(9)12/h1-4,6,10,14,16-17H,5,7-8H2,(H,15,18). The van der Waals surface area contributed by atoms with Gasteiger partial charge in [0.2, 0.25) is 5.91 Å². The number of aromatic amines is 1. The van der Waals surface area contributed by atoms with Gasteiger partial charge in [-0.15, -0.1) is 0 Å². The van der Waals surface area contributed by atoms with Crippen LogP contribution in [0, 0.1) is 0 Å². The van der Waals surface area contributed by atoms with Gasteiger partial charge in [0.1, 0.15) is 0 Å². The number of carbonyl (C=O) groups excluding carboxylic acids is 1. The number of para-hydroxylation sites is 1. The Labute approximate surface area is 104 Å². The SMILES string of the molecule is O=C(Cc1c[nH]c2ccccc12)NCC(O)CO. The first-order valence-electron chi connectivity index (χ1n) is 5.81. The highest BCUT2D eigenvalue weighted by Crippen LogP contribution is 2.17. The number of aliphatic hydroxyl groups is 2. The fourth-order valence-electron chi connectivity index (χ4n) is 1.81. The summed E-state index contributed by atoms with van der Waals surface area (Å²) in [5, 5.41) is 21.4. The van der Waals surface area contributed by atoms with Crippen molar-refractivity contribution in [1.82, 2.24) is 10.3 Å². The second kappa shape index (κ2) is 5.66. The summed E-state index contributed by atoms with van der Waals surface area (Å²) in [5.41, 5.74) is 1.91. The van der Waals surface area contributed by atoms with Gasteiger partial charge in [-0.1, -0.05) is 18.2 Å². The van der Waals surface area contributed by atoms with Crippen molar-refractivity contribution in [1.29, 1.82) is 0 Å². The molecule has 1 amide bonds. The number of amides is 1. The largest absolute Gasteiger partial charge is 0.394 e. The highest BCUT2D eigenvalue weighted by Gasteiger charge is 2.09. The molecule has 0 fully saturated rings. The zero-order valence-electron chi connectivity index (χ0n) is 9.89. The summed E-state index contributed by atoms with van der Waals surface area (Å²) < 4.78 is 0. The molecule has 1 atom stereocenters. The van der Waals surface area contributed by atoms with Crippen LogP contribution >= 0.6 is 0 Å². The minimum absolute atomic E-state index is 0.0672. The van der Waals surface area contributed by atoms with Crippen LogP contribution in [0.3, 0.4) is 0 Å². The van der Waals surface area contributed by atoms with E-state index in [1.807, 2.05) is 30.5 Å². The number of H-pyrrole nitrogens is 1. The maximum atomic E-state index is 11.7. The van der Waals surface area contributed by atoms with Crippen molar-refractivity contribution in [2.75, 3.05) is 13.2 Å². The van der Waals surface area contributed by atoms with Crippen LogP contribution in [-0.2, 0) is 11.2 Å². The topological polar surface area (TPSA) is 85.4 Å². The number of fused-ring (bicyclic) bond motifs is 1. The van der Waals surface area contributed by atoms with Crippen molar-refractivity contribution < 1.29 is 15.0 Å². The Kier molecular flexibility index (Phi) is 3.96. The van der Waals surface area contributed by atoms with E-state index in [0.29, 0.717) is 0 Å². The van der Waals surface area contributed by atoms with Crippen molar-refractivity contribution >= 4 is 16.8 Å². The van der Waals surface area contributed by atoms with Gasteiger partial charge in [-0.3, -0.25) is 4.79 Å². The lowest BCUT2D eigenvalue weighted by Gasteiger charge is -2.08. The van der Waals surface area contributed by atoms with E-state index >= 15 is 0 Å². The minimum Gasteiger partial charge on any atom is -0.394 e. The van der Waals surface area contributed by atoms with Crippen molar-refractivity contribution in [3.63, 3.8) is 0 Å². The third-order valence-electron chi connectivity index (χ3n) is 2.77. The van der Waals surface area contributed by atoms with Crippen molar-refractivity contribution in [3.8, 4) is 0 Å². The summed E-state index contributed by atoms with van der Waals surface area (Å²) in [7, 11) is 0. The quantitative estimate of drug-likeness (QED) is 0.609. The van der Waals surface area contributed by atoms with Crippen LogP contribution < -0.4 is 5.32 Å². The molecule has 5 nitrogen and oxygen atoms in total. The maximum Gasteiger partial charge on any atom is 0.224 e. The van der Waals surface area contributed by atoms with Crippen LogP contribution in [-0.4, -0.2) is 40.4 Å². The van der Waals surface area contributed by atoms with E-state index in [9.17, 15) is 4.79 Å². The molecule has 0 spiro atoms. The molecule has 0 saturated heterocycles. The van der Waals surface area contributed by atoms with Gasteiger partial charge in [0, 0.05) is 23.6 Å². The van der Waals surface area contributed by atoms with Gasteiger partial charge in [0.05, 0.1) is 19.1 Å². The monoisotopic (exact) mass is 248 g/mol. The number of aliphatic hydroxyl groups excluding tert-OH is 2. The fourth-order valence-corrected chi connectivity index (χ4v) is 1.81. The summed E-state index contributed by atoms with van der Waals surface area (Å²) in [6.45, 7) is -0.287. The summed E-state index contributed by atoms with van der Waals surface area (Å²) >= 11 is 0. The first kappa shape index (κ1) is 12.6. The Morgan fingerprint density at radius 3 is 2.94 bits per heavy atom. The normalized spacial score (nSPS) is 12.6. The van der Waals surface area contributed by atoms with Crippen molar-refractivity contribution in [2.24, 2.45) is 0 Å². The number of benzene rings is 1. The zero-order valence-corrected chi connectivity index (χ0v) is 9.89. The van der Waals surface area contributed by atoms with E-state index < -0.39 is 6.10 Å². The van der Waals surface area contributed by atoms with Crippen LogP contribution in [0.1, 0.15) is 5.56 Å². The second-order valence-corrected chi connectivity index (χ2v) is 4.18. The Bertz CT molecular complexity index is 536. The third kappa shape index (κ3) is 2.88. The predicted octanol–water partition coefficient (Wildman–Crippen LogP) is 0.180. The molecule has 0 radical (unpaired) electrons. The second-order valence-electron chi connectivity index (χ2n) is 4.18. The van der Waals surface area contributed by atoms with E-state index in [4.69, 9.17) is 10.2 Å². The molecule has 0 aliphatic heterocycles. The highest BCUT2D eigenvalue weighted by atomic mass is 16.3. The molecule has 18 heavy (non-hydrogen) atoms. The smallest absolute Gasteiger partial charge is 0.224 e. The lowest BCUT2D eigenvalue weighted by atomic mass is 10.1. The average Bonchev–Trinajstić information content (AvgIpc) is 2.79. The third-order valence-corrected chi connectivity index (χ3v) is 2.77. The number of rotatable bonds is 5. The number of carbonyl (C=O) groups is 1. The zero-order chi connectivity index (χ0) is 13.0. The Balaban J connectivity index is 1.99. The fraction of sp³-hybridized carbons (Fsp3) is 0.308. The molecule has 1 aromatic carbocycles. The lowest BCUT2D eigenvalue weighted by molar-refractivity contribution is -0.121. The molecule has 2 aromatic rings. The Morgan fingerprint density at radius 2 is 2.17 bits per heavy atom. The number of nitrogens with one attached hydrogen (secondary N) is 2. The van der Waals surface area contributed by atoms with Crippen molar-refractivity contribution in [2.45, 2.75) is 12.5 Å². The van der Waals surface area contributed by atoms with Gasteiger partial charge >= 0.3 is 0 Å². The molecule has 1 heterocycles. The molecule has 0 bridgehead atoms. The molecular formula is C13H16N2O3. The maximum absolute atomic E-state index is 11.7. The molecule has 1 unspecified atom stereocenters. The van der Waals surface area contributed by atoms with Crippen molar-refractivity contribution in [3.05, 3.63) is 36.0 Å². The summed E-state index contributed by atoms with van der Waals surface area (Å²) in [5.74, 6) is -0.174. The van der Waals surface area contributed by atoms with E-state index in [1.54, 1.807) is 0 Å². The lowest BCUT2D eigenvalue weighted by Crippen LogP contribution is -2.34. The molecule has 0 aliphatic rings. The van der Waals surface area contributed by atoms with E-state index in [-0.39, 0.29) is 25.5 Å². The highest BCUT2D eigenvalue weighted by molar-refractivity contribution is 5.88. The van der Waals surface area contributed by atoms with Crippen LogP contribution in [0.5, 0.6) is 0 Å².